The van der Waals surface area contributed by atoms with E-state index in [9.17, 15) is 14.4 Å². The predicted molar refractivity (Wildman–Crippen MR) is 154 cm³/mol. The van der Waals surface area contributed by atoms with Gasteiger partial charge in [-0.25, -0.2) is 14.4 Å². The first kappa shape index (κ1) is 27.4. The van der Waals surface area contributed by atoms with Gasteiger partial charge < -0.3 is 29.1 Å². The molecule has 2 heterocycles. The number of hydrogen-bond acceptors (Lipinski definition) is 7. The van der Waals surface area contributed by atoms with E-state index in [-0.39, 0.29) is 36.9 Å². The summed E-state index contributed by atoms with van der Waals surface area (Å²) >= 11 is 0. The number of likely N-dealkylation sites (tertiary alicyclic amines) is 2. The monoisotopic (exact) mass is 566 g/mol. The van der Waals surface area contributed by atoms with E-state index in [4.69, 9.17) is 24.8 Å². The molecular formula is C31H50N2O7. The summed E-state index contributed by atoms with van der Waals surface area (Å²) in [6.07, 6.45) is 2.33. The minimum absolute atomic E-state index is 0.0484. The number of amides is 2. The van der Waals surface area contributed by atoms with E-state index < -0.39 is 30.3 Å². The summed E-state index contributed by atoms with van der Waals surface area (Å²) in [5, 5.41) is 9.13. The molecule has 9 heteroatoms. The van der Waals surface area contributed by atoms with Crippen molar-refractivity contribution in [1.29, 1.82) is 0 Å². The van der Waals surface area contributed by atoms with Gasteiger partial charge in [0.2, 0.25) is 0 Å². The summed E-state index contributed by atoms with van der Waals surface area (Å²) in [6.45, 7) is 8.99. The summed E-state index contributed by atoms with van der Waals surface area (Å²) in [7, 11) is 0. The fraction of sp³-hybridized carbons (Fsp3) is 0.710. The molecule has 0 spiro atoms. The third-order valence-corrected chi connectivity index (χ3v) is 6.46. The van der Waals surface area contributed by atoms with E-state index in [1.165, 1.54) is 0 Å². The van der Waals surface area contributed by atoms with Crippen LogP contribution in [0, 0.1) is 11.8 Å². The van der Waals surface area contributed by atoms with Gasteiger partial charge in [0.15, 0.2) is 0 Å². The van der Waals surface area contributed by atoms with Gasteiger partial charge in [-0.15, -0.1) is 0 Å². The molecule has 2 aliphatic heterocycles. The maximum atomic E-state index is 12.1. The average Bonchev–Trinajstić information content (AvgIpc) is 2.87. The Morgan fingerprint density at radius 2 is 1.23 bits per heavy atom. The Morgan fingerprint density at radius 3 is 1.62 bits per heavy atom. The van der Waals surface area contributed by atoms with Crippen LogP contribution >= 0.6 is 0 Å². The molecule has 9 nitrogen and oxygen atoms in total. The molecule has 2 aliphatic rings. The number of rotatable bonds is 6. The summed E-state index contributed by atoms with van der Waals surface area (Å²) in [6, 6.07) is 8.39. The highest BCUT2D eigenvalue weighted by Crippen LogP contribution is 2.23. The SMILES string of the molecule is [2H]C([2H])(CC1CCN(C(=O)OC(C)(C)C)CC1)OC(=O)c1ccccc1.[2H]C([2H])(O)CC1CCN(C(=O)OC(C)(C)C)CC1. The quantitative estimate of drug-likeness (QED) is 0.338. The molecule has 40 heavy (non-hydrogen) atoms. The second-order valence-electron chi connectivity index (χ2n) is 12.3. The van der Waals surface area contributed by atoms with Crippen LogP contribution in [0.4, 0.5) is 9.59 Å². The predicted octanol–water partition coefficient (Wildman–Crippen LogP) is 5.90. The number of carbonyl (C=O) groups excluding carboxylic acids is 3. The smallest absolute Gasteiger partial charge is 0.410 e. The third-order valence-electron chi connectivity index (χ3n) is 6.46. The van der Waals surface area contributed by atoms with Crippen molar-refractivity contribution in [2.45, 2.75) is 91.3 Å². The van der Waals surface area contributed by atoms with Crippen LogP contribution in [-0.2, 0) is 14.2 Å². The first-order valence-corrected chi connectivity index (χ1v) is 14.1. The molecule has 3 rings (SSSR count). The van der Waals surface area contributed by atoms with Gasteiger partial charge in [-0.1, -0.05) is 18.2 Å². The van der Waals surface area contributed by atoms with E-state index in [1.54, 1.807) is 40.1 Å². The highest BCUT2D eigenvalue weighted by Gasteiger charge is 2.28. The molecule has 0 aromatic heterocycles. The first-order chi connectivity index (χ1) is 20.1. The molecule has 0 unspecified atom stereocenters. The Kier molecular flexibility index (Phi) is 10.8. The number of ether oxygens (including phenoxy) is 3. The van der Waals surface area contributed by atoms with Crippen LogP contribution in [0.3, 0.4) is 0 Å². The zero-order chi connectivity index (χ0) is 33.3. The number of nitrogens with zero attached hydrogens (tertiary/aromatic N) is 2. The maximum Gasteiger partial charge on any atom is 0.410 e. The lowest BCUT2D eigenvalue weighted by Crippen LogP contribution is -2.41. The fourth-order valence-electron chi connectivity index (χ4n) is 4.28. The van der Waals surface area contributed by atoms with Crippen molar-refractivity contribution in [3.63, 3.8) is 0 Å². The number of benzene rings is 1. The van der Waals surface area contributed by atoms with E-state index in [2.05, 4.69) is 0 Å². The van der Waals surface area contributed by atoms with Gasteiger partial charge in [0, 0.05) is 32.7 Å². The van der Waals surface area contributed by atoms with Crippen LogP contribution in [0.5, 0.6) is 0 Å². The Morgan fingerprint density at radius 1 is 0.800 bits per heavy atom. The molecule has 1 aromatic carbocycles. The van der Waals surface area contributed by atoms with Gasteiger partial charge in [-0.05, 0) is 104 Å². The van der Waals surface area contributed by atoms with Crippen molar-refractivity contribution in [3.8, 4) is 0 Å². The van der Waals surface area contributed by atoms with Crippen LogP contribution in [0.2, 0.25) is 0 Å². The number of carbonyl (C=O) groups is 3. The topological polar surface area (TPSA) is 106 Å². The Balaban J connectivity index is 0.000000329. The molecule has 0 atom stereocenters. The molecule has 0 radical (unpaired) electrons. The number of aliphatic hydroxyl groups is 1. The Labute approximate surface area is 245 Å². The van der Waals surface area contributed by atoms with Crippen LogP contribution < -0.4 is 0 Å². The maximum absolute atomic E-state index is 12.1. The lowest BCUT2D eigenvalue weighted by atomic mass is 9.94. The van der Waals surface area contributed by atoms with Crippen molar-refractivity contribution < 1.29 is 39.2 Å². The normalized spacial score (nSPS) is 19.2. The lowest BCUT2D eigenvalue weighted by molar-refractivity contribution is 0.0160. The number of piperidine rings is 2. The number of esters is 1. The fourth-order valence-corrected chi connectivity index (χ4v) is 4.28. The van der Waals surface area contributed by atoms with E-state index in [0.29, 0.717) is 57.4 Å². The highest BCUT2D eigenvalue weighted by atomic mass is 16.6. The van der Waals surface area contributed by atoms with E-state index >= 15 is 0 Å². The molecule has 0 saturated carbocycles. The van der Waals surface area contributed by atoms with E-state index in [1.807, 2.05) is 41.5 Å². The van der Waals surface area contributed by atoms with Crippen molar-refractivity contribution in [2.24, 2.45) is 11.8 Å². The summed E-state index contributed by atoms with van der Waals surface area (Å²) in [4.78, 5) is 39.2. The average molecular weight is 567 g/mol. The zero-order valence-electron chi connectivity index (χ0n) is 28.9. The summed E-state index contributed by atoms with van der Waals surface area (Å²) in [5.74, 6) is -0.488. The molecular weight excluding hydrogens is 512 g/mol. The minimum atomic E-state index is -2.11. The Bertz CT molecular complexity index is 1070. The van der Waals surface area contributed by atoms with Gasteiger partial charge in [-0.3, -0.25) is 0 Å². The molecule has 0 aliphatic carbocycles. The summed E-state index contributed by atoms with van der Waals surface area (Å²) in [5.41, 5.74) is -0.690. The second kappa shape index (κ2) is 15.8. The minimum Gasteiger partial charge on any atom is -0.462 e. The molecule has 2 saturated heterocycles. The second-order valence-corrected chi connectivity index (χ2v) is 12.3. The van der Waals surface area contributed by atoms with Gasteiger partial charge >= 0.3 is 18.2 Å². The molecule has 0 bridgehead atoms. The molecule has 226 valence electrons. The largest absolute Gasteiger partial charge is 0.462 e. The van der Waals surface area contributed by atoms with Crippen LogP contribution in [0.1, 0.15) is 95.9 Å². The standard InChI is InChI=1S/C19H27NO4.C12H23NO3/c1-19(2,3)24-18(22)20-12-9-15(10-13-20)11-14-23-17(21)16-7-5-4-6-8-16;1-12(2,3)16-11(15)13-7-4-10(5-8-13)6-9-14/h4-8,15H,9-14H2,1-3H3;10,14H,4-9H2,1-3H3/i14D2;9D2. The first-order valence-electron chi connectivity index (χ1n) is 16.1. The van der Waals surface area contributed by atoms with Crippen molar-refractivity contribution in [2.75, 3.05) is 39.3 Å². The Hall–Kier alpha value is -2.81. The zero-order valence-corrected chi connectivity index (χ0v) is 24.9. The van der Waals surface area contributed by atoms with Gasteiger partial charge in [0.1, 0.15) is 11.2 Å². The van der Waals surface area contributed by atoms with Crippen LogP contribution in [0.25, 0.3) is 0 Å². The summed E-state index contributed by atoms with van der Waals surface area (Å²) < 4.78 is 46.0. The number of hydrogen-bond donors (Lipinski definition) is 1. The van der Waals surface area contributed by atoms with Crippen LogP contribution in [0.15, 0.2) is 30.3 Å². The van der Waals surface area contributed by atoms with E-state index in [0.717, 1.165) is 0 Å². The molecule has 2 amide bonds. The van der Waals surface area contributed by atoms with Crippen LogP contribution in [-0.4, -0.2) is 83.6 Å². The molecule has 2 fully saturated rings. The lowest BCUT2D eigenvalue weighted by Gasteiger charge is -2.33. The third kappa shape index (κ3) is 13.0. The van der Waals surface area contributed by atoms with Gasteiger partial charge in [0.25, 0.3) is 0 Å². The van der Waals surface area contributed by atoms with Crippen molar-refractivity contribution >= 4 is 18.2 Å². The van der Waals surface area contributed by atoms with Crippen molar-refractivity contribution in [1.82, 2.24) is 9.80 Å². The van der Waals surface area contributed by atoms with Gasteiger partial charge in [-0.2, -0.15) is 0 Å². The van der Waals surface area contributed by atoms with Crippen molar-refractivity contribution in [3.05, 3.63) is 35.9 Å². The molecule has 1 aromatic rings. The van der Waals surface area contributed by atoms with Gasteiger partial charge in [0.05, 0.1) is 17.6 Å². The highest BCUT2D eigenvalue weighted by molar-refractivity contribution is 5.89. The molecule has 1 N–H and O–H groups in total.